The van der Waals surface area contributed by atoms with E-state index in [1.807, 2.05) is 38.1 Å². The first kappa shape index (κ1) is 23.1. The summed E-state index contributed by atoms with van der Waals surface area (Å²) in [5.41, 5.74) is 2.75. The second-order valence-electron chi connectivity index (χ2n) is 7.84. The predicted octanol–water partition coefficient (Wildman–Crippen LogP) is 4.72. The van der Waals surface area contributed by atoms with Crippen LogP contribution in [-0.4, -0.2) is 31.7 Å². The molecular weight excluding hydrogens is 443 g/mol. The van der Waals surface area contributed by atoms with Gasteiger partial charge in [-0.3, -0.25) is 4.79 Å². The van der Waals surface area contributed by atoms with E-state index in [0.717, 1.165) is 11.1 Å². The lowest BCUT2D eigenvalue weighted by Gasteiger charge is -2.32. The van der Waals surface area contributed by atoms with Gasteiger partial charge in [0, 0.05) is 13.1 Å². The SMILES string of the molecule is Cc1ccc([C@@H](C)NC(=O)[C@H]2CCCN(S(=O)(=O)Cc3ccc(Cl)c(Cl)c3)C2)cc1. The summed E-state index contributed by atoms with van der Waals surface area (Å²) in [6.07, 6.45) is 1.32. The molecule has 0 radical (unpaired) electrons. The van der Waals surface area contributed by atoms with Crippen LogP contribution in [0.2, 0.25) is 10.0 Å². The van der Waals surface area contributed by atoms with E-state index in [0.29, 0.717) is 35.0 Å². The fourth-order valence-electron chi connectivity index (χ4n) is 3.61. The van der Waals surface area contributed by atoms with Gasteiger partial charge in [0.25, 0.3) is 0 Å². The third kappa shape index (κ3) is 5.76. The van der Waals surface area contributed by atoms with E-state index in [-0.39, 0.29) is 30.2 Å². The maximum Gasteiger partial charge on any atom is 0.224 e. The van der Waals surface area contributed by atoms with Crippen LogP contribution in [-0.2, 0) is 20.6 Å². The molecule has 1 heterocycles. The molecule has 3 rings (SSSR count). The van der Waals surface area contributed by atoms with Crippen molar-refractivity contribution in [3.05, 3.63) is 69.2 Å². The minimum atomic E-state index is -3.57. The summed E-state index contributed by atoms with van der Waals surface area (Å²) in [6.45, 7) is 4.56. The summed E-state index contributed by atoms with van der Waals surface area (Å²) < 4.78 is 27.2. The molecule has 1 N–H and O–H groups in total. The fourth-order valence-corrected chi connectivity index (χ4v) is 5.53. The molecule has 30 heavy (non-hydrogen) atoms. The molecule has 2 aromatic carbocycles. The van der Waals surface area contributed by atoms with Crippen molar-refractivity contribution in [1.29, 1.82) is 0 Å². The van der Waals surface area contributed by atoms with Crippen LogP contribution in [0.4, 0.5) is 0 Å². The molecule has 8 heteroatoms. The summed E-state index contributed by atoms with van der Waals surface area (Å²) in [4.78, 5) is 12.8. The average Bonchev–Trinajstić information content (AvgIpc) is 2.71. The lowest BCUT2D eigenvalue weighted by Crippen LogP contribution is -2.46. The molecule has 1 amide bonds. The van der Waals surface area contributed by atoms with Crippen molar-refractivity contribution in [2.75, 3.05) is 13.1 Å². The number of sulfonamides is 1. The number of hydrogen-bond acceptors (Lipinski definition) is 3. The minimum absolute atomic E-state index is 0.113. The van der Waals surface area contributed by atoms with Crippen molar-refractivity contribution >= 4 is 39.1 Å². The summed E-state index contributed by atoms with van der Waals surface area (Å²) in [5.74, 6) is -0.648. The molecule has 0 aliphatic carbocycles. The topological polar surface area (TPSA) is 66.5 Å². The van der Waals surface area contributed by atoms with E-state index in [1.54, 1.807) is 18.2 Å². The van der Waals surface area contributed by atoms with Crippen molar-refractivity contribution in [3.63, 3.8) is 0 Å². The summed E-state index contributed by atoms with van der Waals surface area (Å²) in [6, 6.07) is 12.7. The summed E-state index contributed by atoms with van der Waals surface area (Å²) in [5, 5.41) is 3.74. The van der Waals surface area contributed by atoms with Crippen molar-refractivity contribution < 1.29 is 13.2 Å². The maximum absolute atomic E-state index is 12.9. The van der Waals surface area contributed by atoms with Crippen molar-refractivity contribution in [3.8, 4) is 0 Å². The van der Waals surface area contributed by atoms with Crippen LogP contribution in [0, 0.1) is 12.8 Å². The van der Waals surface area contributed by atoms with Gasteiger partial charge in [-0.05, 0) is 49.9 Å². The number of rotatable bonds is 6. The van der Waals surface area contributed by atoms with E-state index >= 15 is 0 Å². The van der Waals surface area contributed by atoms with Crippen LogP contribution < -0.4 is 5.32 Å². The highest BCUT2D eigenvalue weighted by Crippen LogP contribution is 2.26. The van der Waals surface area contributed by atoms with Gasteiger partial charge in [0.2, 0.25) is 15.9 Å². The Morgan fingerprint density at radius 3 is 2.53 bits per heavy atom. The Balaban J connectivity index is 1.64. The van der Waals surface area contributed by atoms with Gasteiger partial charge >= 0.3 is 0 Å². The highest BCUT2D eigenvalue weighted by Gasteiger charge is 2.33. The Morgan fingerprint density at radius 2 is 1.87 bits per heavy atom. The van der Waals surface area contributed by atoms with Crippen LogP contribution in [0.1, 0.15) is 42.5 Å². The third-order valence-electron chi connectivity index (χ3n) is 5.42. The monoisotopic (exact) mass is 468 g/mol. The zero-order valence-electron chi connectivity index (χ0n) is 17.1. The Kier molecular flexibility index (Phi) is 7.45. The van der Waals surface area contributed by atoms with Gasteiger partial charge in [-0.1, -0.05) is 59.1 Å². The molecule has 5 nitrogen and oxygen atoms in total. The lowest BCUT2D eigenvalue weighted by atomic mass is 9.97. The van der Waals surface area contributed by atoms with Gasteiger partial charge < -0.3 is 5.32 Å². The summed E-state index contributed by atoms with van der Waals surface area (Å²) >= 11 is 11.9. The van der Waals surface area contributed by atoms with E-state index in [4.69, 9.17) is 23.2 Å². The smallest absolute Gasteiger partial charge is 0.224 e. The lowest BCUT2D eigenvalue weighted by molar-refractivity contribution is -0.126. The summed E-state index contributed by atoms with van der Waals surface area (Å²) in [7, 11) is -3.57. The highest BCUT2D eigenvalue weighted by molar-refractivity contribution is 7.88. The van der Waals surface area contributed by atoms with Crippen LogP contribution in [0.15, 0.2) is 42.5 Å². The zero-order chi connectivity index (χ0) is 21.9. The number of hydrogen-bond donors (Lipinski definition) is 1. The van der Waals surface area contributed by atoms with Crippen molar-refractivity contribution in [1.82, 2.24) is 9.62 Å². The number of amides is 1. The molecule has 0 saturated carbocycles. The Bertz CT molecular complexity index is 1010. The molecule has 2 atom stereocenters. The van der Waals surface area contributed by atoms with E-state index in [2.05, 4.69) is 5.32 Å². The van der Waals surface area contributed by atoms with Gasteiger partial charge in [0.05, 0.1) is 27.8 Å². The first-order chi connectivity index (χ1) is 14.2. The molecule has 1 fully saturated rings. The number of aryl methyl sites for hydroxylation is 1. The number of carbonyl (C=O) groups is 1. The fraction of sp³-hybridized carbons (Fsp3) is 0.409. The molecular formula is C22H26Cl2N2O3S. The Morgan fingerprint density at radius 1 is 1.17 bits per heavy atom. The predicted molar refractivity (Wildman–Crippen MR) is 121 cm³/mol. The zero-order valence-corrected chi connectivity index (χ0v) is 19.4. The van der Waals surface area contributed by atoms with Gasteiger partial charge in [0.1, 0.15) is 0 Å². The first-order valence-electron chi connectivity index (χ1n) is 9.94. The third-order valence-corrected chi connectivity index (χ3v) is 7.97. The number of nitrogens with one attached hydrogen (secondary N) is 1. The van der Waals surface area contributed by atoms with Crippen molar-refractivity contribution in [2.45, 2.75) is 38.5 Å². The number of piperidine rings is 1. The number of halogens is 2. The standard InChI is InChI=1S/C22H26Cl2N2O3S/c1-15-5-8-18(9-6-15)16(2)25-22(27)19-4-3-11-26(13-19)30(28,29)14-17-7-10-20(23)21(24)12-17/h5-10,12,16,19H,3-4,11,13-14H2,1-2H3,(H,25,27)/t16-,19+/m1/s1. The van der Waals surface area contributed by atoms with Crippen LogP contribution in [0.3, 0.4) is 0 Å². The molecule has 0 aromatic heterocycles. The average molecular weight is 469 g/mol. The Labute approximate surface area is 188 Å². The molecule has 0 unspecified atom stereocenters. The molecule has 162 valence electrons. The first-order valence-corrected chi connectivity index (χ1v) is 12.3. The molecule has 1 aliphatic rings. The molecule has 1 aliphatic heterocycles. The second-order valence-corrected chi connectivity index (χ2v) is 10.6. The van der Waals surface area contributed by atoms with Crippen LogP contribution in [0.5, 0.6) is 0 Å². The molecule has 2 aromatic rings. The molecule has 0 bridgehead atoms. The van der Waals surface area contributed by atoms with Crippen LogP contribution in [0.25, 0.3) is 0 Å². The van der Waals surface area contributed by atoms with E-state index in [9.17, 15) is 13.2 Å². The second kappa shape index (κ2) is 9.69. The van der Waals surface area contributed by atoms with Gasteiger partial charge in [-0.25, -0.2) is 12.7 Å². The number of carbonyl (C=O) groups excluding carboxylic acids is 1. The molecule has 0 spiro atoms. The largest absolute Gasteiger partial charge is 0.349 e. The molecule has 1 saturated heterocycles. The number of benzene rings is 2. The van der Waals surface area contributed by atoms with Gasteiger partial charge in [0.15, 0.2) is 0 Å². The quantitative estimate of drug-likeness (QED) is 0.666. The maximum atomic E-state index is 12.9. The van der Waals surface area contributed by atoms with Crippen molar-refractivity contribution in [2.24, 2.45) is 5.92 Å². The minimum Gasteiger partial charge on any atom is -0.349 e. The van der Waals surface area contributed by atoms with Crippen LogP contribution >= 0.6 is 23.2 Å². The Hall–Kier alpha value is -1.60. The van der Waals surface area contributed by atoms with E-state index in [1.165, 1.54) is 4.31 Å². The van der Waals surface area contributed by atoms with Gasteiger partial charge in [-0.15, -0.1) is 0 Å². The number of nitrogens with zero attached hydrogens (tertiary/aromatic N) is 1. The highest BCUT2D eigenvalue weighted by atomic mass is 35.5. The van der Waals surface area contributed by atoms with E-state index < -0.39 is 10.0 Å². The normalized spacial score (nSPS) is 18.7. The van der Waals surface area contributed by atoms with Gasteiger partial charge in [-0.2, -0.15) is 0 Å².